The van der Waals surface area contributed by atoms with Crippen molar-refractivity contribution in [2.45, 2.75) is 51.0 Å². The number of aliphatic hydroxyl groups excluding tert-OH is 1. The maximum Gasteiger partial charge on any atom is 0.329 e. The predicted molar refractivity (Wildman–Crippen MR) is 110 cm³/mol. The summed E-state index contributed by atoms with van der Waals surface area (Å²) in [6, 6.07) is 1.84. The molecule has 0 amide bonds. The van der Waals surface area contributed by atoms with Crippen LogP contribution in [0.2, 0.25) is 0 Å². The molecule has 1 saturated carbocycles. The summed E-state index contributed by atoms with van der Waals surface area (Å²) in [4.78, 5) is 28.8. The number of nitrogens with zero attached hydrogens (tertiary/aromatic N) is 1. The molecule has 152 valence electrons. The van der Waals surface area contributed by atoms with E-state index in [1.165, 1.54) is 15.9 Å². The van der Waals surface area contributed by atoms with E-state index < -0.39 is 22.8 Å². The lowest BCUT2D eigenvalue weighted by Gasteiger charge is -2.19. The van der Waals surface area contributed by atoms with Gasteiger partial charge in [-0.15, -0.1) is 11.3 Å². The molecule has 0 radical (unpaired) electrons. The summed E-state index contributed by atoms with van der Waals surface area (Å²) in [5.41, 5.74) is 0.729. The Hall–Kier alpha value is -2.45. The van der Waals surface area contributed by atoms with Gasteiger partial charge in [-0.05, 0) is 56.2 Å². The minimum atomic E-state index is -0.847. The van der Waals surface area contributed by atoms with Crippen LogP contribution in [0.4, 0.5) is 4.39 Å². The van der Waals surface area contributed by atoms with Crippen LogP contribution in [-0.4, -0.2) is 26.4 Å². The summed E-state index contributed by atoms with van der Waals surface area (Å²) >= 11 is 1.46. The van der Waals surface area contributed by atoms with Crippen molar-refractivity contribution in [2.24, 2.45) is 0 Å². The first-order valence-electron chi connectivity index (χ1n) is 9.85. The van der Waals surface area contributed by atoms with E-state index >= 15 is 4.39 Å². The van der Waals surface area contributed by atoms with Gasteiger partial charge in [-0.3, -0.25) is 14.3 Å². The van der Waals surface area contributed by atoms with Crippen LogP contribution in [0.3, 0.4) is 0 Å². The third kappa shape index (κ3) is 2.69. The monoisotopic (exact) mass is 416 g/mol. The number of aryl methyl sites for hydroxylation is 2. The standard InChI is InChI=1S/C21H21FN2O4S/c1-9-15(14-7-12-10(8-25)3-2-4-13(12)29-14)17(22)19(26)16-18(9)24(11-5-6-11)21(28)23-20(16)27/h7,10-11,25-26H,2-6,8H2,1H3,(H,23,27,28). The number of aromatic hydroxyl groups is 1. The van der Waals surface area contributed by atoms with Crippen molar-refractivity contribution in [3.05, 3.63) is 48.7 Å². The summed E-state index contributed by atoms with van der Waals surface area (Å²) < 4.78 is 16.8. The van der Waals surface area contributed by atoms with Gasteiger partial charge in [0.25, 0.3) is 5.56 Å². The lowest BCUT2D eigenvalue weighted by atomic mass is 9.88. The predicted octanol–water partition coefficient (Wildman–Crippen LogP) is 3.32. The van der Waals surface area contributed by atoms with Gasteiger partial charge < -0.3 is 10.2 Å². The van der Waals surface area contributed by atoms with Crippen molar-refractivity contribution in [1.82, 2.24) is 9.55 Å². The first kappa shape index (κ1) is 18.6. The quantitative estimate of drug-likeness (QED) is 0.610. The number of hydrogen-bond donors (Lipinski definition) is 3. The number of nitrogens with one attached hydrogen (secondary N) is 1. The molecule has 2 heterocycles. The number of aliphatic hydroxyl groups is 1. The summed E-state index contributed by atoms with van der Waals surface area (Å²) in [6.07, 6.45) is 4.35. The molecule has 8 heteroatoms. The molecule has 1 unspecified atom stereocenters. The van der Waals surface area contributed by atoms with Crippen LogP contribution in [-0.2, 0) is 6.42 Å². The number of hydrogen-bond acceptors (Lipinski definition) is 5. The molecule has 1 aromatic carbocycles. The SMILES string of the molecule is Cc1c(-c2cc3c(s2)CCCC3CO)c(F)c(O)c2c(=O)[nH]c(=O)n(C3CC3)c12. The van der Waals surface area contributed by atoms with E-state index in [1.54, 1.807) is 6.92 Å². The zero-order chi connectivity index (χ0) is 20.4. The first-order chi connectivity index (χ1) is 13.9. The van der Waals surface area contributed by atoms with Crippen LogP contribution in [0.15, 0.2) is 15.7 Å². The van der Waals surface area contributed by atoms with Crippen LogP contribution in [0.25, 0.3) is 21.3 Å². The molecule has 0 bridgehead atoms. The summed E-state index contributed by atoms with van der Waals surface area (Å²) in [7, 11) is 0. The van der Waals surface area contributed by atoms with Crippen molar-refractivity contribution in [2.75, 3.05) is 6.61 Å². The lowest BCUT2D eigenvalue weighted by Crippen LogP contribution is -2.30. The zero-order valence-electron chi connectivity index (χ0n) is 15.9. The number of aromatic nitrogens is 2. The molecule has 3 N–H and O–H groups in total. The number of halogens is 1. The topological polar surface area (TPSA) is 95.3 Å². The van der Waals surface area contributed by atoms with E-state index in [0.29, 0.717) is 16.0 Å². The zero-order valence-corrected chi connectivity index (χ0v) is 16.7. The minimum Gasteiger partial charge on any atom is -0.504 e. The Morgan fingerprint density at radius 2 is 2.07 bits per heavy atom. The largest absolute Gasteiger partial charge is 0.504 e. The van der Waals surface area contributed by atoms with Crippen LogP contribution in [0.5, 0.6) is 5.75 Å². The summed E-state index contributed by atoms with van der Waals surface area (Å²) in [6.45, 7) is 1.74. The third-order valence-electron chi connectivity index (χ3n) is 6.16. The van der Waals surface area contributed by atoms with Crippen molar-refractivity contribution in [3.63, 3.8) is 0 Å². The average Bonchev–Trinajstić information content (AvgIpc) is 3.43. The Balaban J connectivity index is 1.84. The first-order valence-corrected chi connectivity index (χ1v) is 10.7. The van der Waals surface area contributed by atoms with Gasteiger partial charge in [-0.2, -0.15) is 0 Å². The van der Waals surface area contributed by atoms with Gasteiger partial charge in [0.1, 0.15) is 5.39 Å². The number of rotatable bonds is 3. The Morgan fingerprint density at radius 1 is 1.31 bits per heavy atom. The molecule has 2 aliphatic rings. The van der Waals surface area contributed by atoms with E-state index in [2.05, 4.69) is 4.98 Å². The third-order valence-corrected chi connectivity index (χ3v) is 7.38. The minimum absolute atomic E-state index is 0.0358. The molecule has 1 fully saturated rings. The molecule has 29 heavy (non-hydrogen) atoms. The van der Waals surface area contributed by atoms with Gasteiger partial charge in [0.15, 0.2) is 11.6 Å². The smallest absolute Gasteiger partial charge is 0.329 e. The summed E-state index contributed by atoms with van der Waals surface area (Å²) in [5, 5.41) is 20.1. The van der Waals surface area contributed by atoms with E-state index in [9.17, 15) is 19.8 Å². The number of phenols is 1. The highest BCUT2D eigenvalue weighted by atomic mass is 32.1. The van der Waals surface area contributed by atoms with E-state index in [-0.39, 0.29) is 29.5 Å². The number of fused-ring (bicyclic) bond motifs is 2. The lowest BCUT2D eigenvalue weighted by molar-refractivity contribution is 0.253. The van der Waals surface area contributed by atoms with Crippen LogP contribution in [0, 0.1) is 12.7 Å². The molecule has 0 spiro atoms. The molecule has 6 nitrogen and oxygen atoms in total. The number of benzene rings is 1. The van der Waals surface area contributed by atoms with Gasteiger partial charge >= 0.3 is 5.69 Å². The number of H-pyrrole nitrogens is 1. The number of aromatic amines is 1. The molecular formula is C21H21FN2O4S. The van der Waals surface area contributed by atoms with Crippen molar-refractivity contribution in [3.8, 4) is 16.2 Å². The number of thiophene rings is 1. The highest BCUT2D eigenvalue weighted by molar-refractivity contribution is 7.15. The normalized spacial score (nSPS) is 18.9. The molecule has 0 aliphatic heterocycles. The van der Waals surface area contributed by atoms with Crippen LogP contribution >= 0.6 is 11.3 Å². The Kier molecular flexibility index (Phi) is 4.18. The van der Waals surface area contributed by atoms with Crippen molar-refractivity contribution < 1.29 is 14.6 Å². The average molecular weight is 416 g/mol. The molecule has 0 saturated heterocycles. The maximum absolute atomic E-state index is 15.3. The van der Waals surface area contributed by atoms with Gasteiger partial charge in [0, 0.05) is 33.9 Å². The Bertz CT molecular complexity index is 1270. The highest BCUT2D eigenvalue weighted by Crippen LogP contribution is 2.46. The van der Waals surface area contributed by atoms with Gasteiger partial charge in [-0.1, -0.05) is 0 Å². The van der Waals surface area contributed by atoms with E-state index in [4.69, 9.17) is 0 Å². The maximum atomic E-state index is 15.3. The van der Waals surface area contributed by atoms with Gasteiger partial charge in [0.2, 0.25) is 0 Å². The fourth-order valence-corrected chi connectivity index (χ4v) is 5.97. The Morgan fingerprint density at radius 3 is 2.76 bits per heavy atom. The van der Waals surface area contributed by atoms with Crippen LogP contribution in [0.1, 0.15) is 53.6 Å². The second-order valence-electron chi connectivity index (χ2n) is 8.01. The molecule has 2 aliphatic carbocycles. The second-order valence-corrected chi connectivity index (χ2v) is 9.14. The van der Waals surface area contributed by atoms with E-state index in [1.807, 2.05) is 6.07 Å². The van der Waals surface area contributed by atoms with Gasteiger partial charge in [-0.25, -0.2) is 9.18 Å². The molecular weight excluding hydrogens is 395 g/mol. The molecule has 2 aromatic heterocycles. The fourth-order valence-electron chi connectivity index (χ4n) is 4.58. The Labute approximate surface area is 169 Å². The fraction of sp³-hybridized carbons (Fsp3) is 0.429. The van der Waals surface area contributed by atoms with Gasteiger partial charge in [0.05, 0.1) is 5.52 Å². The van der Waals surface area contributed by atoms with Crippen LogP contribution < -0.4 is 11.2 Å². The van der Waals surface area contributed by atoms with Crippen molar-refractivity contribution in [1.29, 1.82) is 0 Å². The van der Waals surface area contributed by atoms with E-state index in [0.717, 1.165) is 42.5 Å². The second kappa shape index (κ2) is 6.53. The molecule has 1 atom stereocenters. The molecule has 5 rings (SSSR count). The van der Waals surface area contributed by atoms with Crippen molar-refractivity contribution >= 4 is 22.2 Å². The highest BCUT2D eigenvalue weighted by Gasteiger charge is 2.32. The summed E-state index contributed by atoms with van der Waals surface area (Å²) in [5.74, 6) is -1.53. The molecule has 3 aromatic rings. The number of phenolic OH excluding ortho intramolecular Hbond substituents is 1.